The van der Waals surface area contributed by atoms with Gasteiger partial charge in [0.25, 0.3) is 0 Å². The minimum absolute atomic E-state index is 0.0682. The molecule has 1 saturated heterocycles. The summed E-state index contributed by atoms with van der Waals surface area (Å²) in [4.78, 5) is 33.3. The van der Waals surface area contributed by atoms with E-state index in [1.165, 1.54) is 6.92 Å². The molecule has 3 unspecified atom stereocenters. The highest BCUT2D eigenvalue weighted by Gasteiger charge is 2.45. The molecule has 19 heavy (non-hydrogen) atoms. The van der Waals surface area contributed by atoms with Gasteiger partial charge >= 0.3 is 17.9 Å². The van der Waals surface area contributed by atoms with Crippen LogP contribution in [-0.2, 0) is 33.3 Å². The number of aliphatic hydroxyl groups is 1. The van der Waals surface area contributed by atoms with Crippen molar-refractivity contribution in [1.82, 2.24) is 0 Å². The predicted octanol–water partition coefficient (Wildman–Crippen LogP) is -0.870. The summed E-state index contributed by atoms with van der Waals surface area (Å²) in [6, 6.07) is 0. The molecule has 1 heterocycles. The van der Waals surface area contributed by atoms with Gasteiger partial charge in [0.2, 0.25) is 0 Å². The molecule has 0 bridgehead atoms. The number of rotatable bonds is 3. The van der Waals surface area contributed by atoms with E-state index in [1.807, 2.05) is 0 Å². The monoisotopic (exact) mass is 276 g/mol. The second-order valence-corrected chi connectivity index (χ2v) is 4.00. The first-order valence-corrected chi connectivity index (χ1v) is 5.61. The van der Waals surface area contributed by atoms with E-state index in [2.05, 4.69) is 4.74 Å². The first kappa shape index (κ1) is 15.4. The third kappa shape index (κ3) is 4.18. The predicted molar refractivity (Wildman–Crippen MR) is 58.6 cm³/mol. The number of ether oxygens (including phenoxy) is 4. The lowest BCUT2D eigenvalue weighted by molar-refractivity contribution is -0.259. The van der Waals surface area contributed by atoms with Gasteiger partial charge in [-0.25, -0.2) is 4.79 Å². The van der Waals surface area contributed by atoms with E-state index in [9.17, 15) is 19.5 Å². The Morgan fingerprint density at radius 3 is 2.21 bits per heavy atom. The minimum atomic E-state index is -1.58. The summed E-state index contributed by atoms with van der Waals surface area (Å²) >= 11 is 0. The lowest BCUT2D eigenvalue weighted by atomic mass is 10.0. The first-order chi connectivity index (χ1) is 8.85. The van der Waals surface area contributed by atoms with Crippen LogP contribution in [0.1, 0.15) is 20.3 Å². The Bertz CT molecular complexity index is 366. The second-order valence-electron chi connectivity index (χ2n) is 4.00. The summed E-state index contributed by atoms with van der Waals surface area (Å²) in [6.07, 6.45) is -4.89. The summed E-state index contributed by atoms with van der Waals surface area (Å²) in [7, 11) is 1.16. The van der Waals surface area contributed by atoms with Crippen molar-refractivity contribution in [2.45, 2.75) is 44.9 Å². The smallest absolute Gasteiger partial charge is 0.335 e. The maximum Gasteiger partial charge on any atom is 0.335 e. The van der Waals surface area contributed by atoms with Gasteiger partial charge in [0.05, 0.1) is 7.11 Å². The van der Waals surface area contributed by atoms with E-state index < -0.39 is 42.5 Å². The quantitative estimate of drug-likeness (QED) is 0.523. The fourth-order valence-electron chi connectivity index (χ4n) is 1.77. The van der Waals surface area contributed by atoms with Crippen molar-refractivity contribution < 1.29 is 38.4 Å². The van der Waals surface area contributed by atoms with Gasteiger partial charge in [-0.2, -0.15) is 0 Å². The largest absolute Gasteiger partial charge is 0.467 e. The van der Waals surface area contributed by atoms with Crippen LogP contribution >= 0.6 is 0 Å². The third-order valence-electron chi connectivity index (χ3n) is 2.48. The molecule has 0 spiro atoms. The molecule has 1 N–H and O–H groups in total. The molecular weight excluding hydrogens is 260 g/mol. The zero-order valence-corrected chi connectivity index (χ0v) is 10.8. The standard InChI is InChI=1S/C11H16O8/c1-5(12)17-7-4-8(10(14)16-3)19-11(15)9(7)18-6(2)13/h7-9,11,15H,4H2,1-3H3/t7?,8?,9-,11?/m1/s1. The fraction of sp³-hybridized carbons (Fsp3) is 0.727. The second kappa shape index (κ2) is 6.48. The summed E-state index contributed by atoms with van der Waals surface area (Å²) in [5.41, 5.74) is 0. The lowest BCUT2D eigenvalue weighted by Gasteiger charge is -2.36. The van der Waals surface area contributed by atoms with Crippen LogP contribution in [-0.4, -0.2) is 54.7 Å². The number of carbonyl (C=O) groups is 3. The van der Waals surface area contributed by atoms with Crippen LogP contribution < -0.4 is 0 Å². The van der Waals surface area contributed by atoms with Crippen LogP contribution in [0.15, 0.2) is 0 Å². The van der Waals surface area contributed by atoms with Crippen LogP contribution in [0.3, 0.4) is 0 Å². The first-order valence-electron chi connectivity index (χ1n) is 5.61. The lowest BCUT2D eigenvalue weighted by Crippen LogP contribution is -2.53. The number of esters is 3. The zero-order valence-electron chi connectivity index (χ0n) is 10.8. The van der Waals surface area contributed by atoms with Crippen LogP contribution in [0.2, 0.25) is 0 Å². The number of methoxy groups -OCH3 is 1. The maximum absolute atomic E-state index is 11.4. The minimum Gasteiger partial charge on any atom is -0.467 e. The normalized spacial score (nSPS) is 30.3. The van der Waals surface area contributed by atoms with E-state index in [-0.39, 0.29) is 6.42 Å². The molecule has 0 aromatic heterocycles. The van der Waals surface area contributed by atoms with Crippen molar-refractivity contribution in [1.29, 1.82) is 0 Å². The summed E-state index contributed by atoms with van der Waals surface area (Å²) in [6.45, 7) is 2.31. The van der Waals surface area contributed by atoms with E-state index >= 15 is 0 Å². The topological polar surface area (TPSA) is 108 Å². The Labute approximate surface area is 109 Å². The molecule has 0 aliphatic carbocycles. The third-order valence-corrected chi connectivity index (χ3v) is 2.48. The van der Waals surface area contributed by atoms with Gasteiger partial charge in [0, 0.05) is 20.3 Å². The SMILES string of the molecule is COC(=O)C1CC(OC(C)=O)[C@@H](OC(C)=O)C(O)O1. The van der Waals surface area contributed by atoms with Gasteiger partial charge in [0.1, 0.15) is 6.10 Å². The van der Waals surface area contributed by atoms with E-state index in [0.29, 0.717) is 0 Å². The van der Waals surface area contributed by atoms with Crippen molar-refractivity contribution in [2.24, 2.45) is 0 Å². The van der Waals surface area contributed by atoms with Gasteiger partial charge in [-0.15, -0.1) is 0 Å². The number of carbonyl (C=O) groups excluding carboxylic acids is 3. The summed E-state index contributed by atoms with van der Waals surface area (Å²) < 4.78 is 19.2. The van der Waals surface area contributed by atoms with Crippen molar-refractivity contribution in [2.75, 3.05) is 7.11 Å². The Balaban J connectivity index is 2.83. The van der Waals surface area contributed by atoms with Crippen molar-refractivity contribution in [3.05, 3.63) is 0 Å². The maximum atomic E-state index is 11.4. The molecule has 8 heteroatoms. The molecule has 0 radical (unpaired) electrons. The molecule has 1 aliphatic rings. The van der Waals surface area contributed by atoms with Crippen LogP contribution in [0, 0.1) is 0 Å². The molecule has 1 rings (SSSR count). The van der Waals surface area contributed by atoms with Crippen molar-refractivity contribution in [3.63, 3.8) is 0 Å². The van der Waals surface area contributed by atoms with Gasteiger partial charge in [-0.1, -0.05) is 0 Å². The van der Waals surface area contributed by atoms with Crippen molar-refractivity contribution in [3.8, 4) is 0 Å². The Hall–Kier alpha value is -1.67. The van der Waals surface area contributed by atoms with E-state index in [4.69, 9.17) is 14.2 Å². The molecule has 0 aromatic carbocycles. The summed E-state index contributed by atoms with van der Waals surface area (Å²) in [5.74, 6) is -2.00. The van der Waals surface area contributed by atoms with Crippen LogP contribution in [0.5, 0.6) is 0 Å². The van der Waals surface area contributed by atoms with E-state index in [1.54, 1.807) is 0 Å². The highest BCUT2D eigenvalue weighted by Crippen LogP contribution is 2.25. The zero-order chi connectivity index (χ0) is 14.6. The van der Waals surface area contributed by atoms with Crippen LogP contribution in [0.25, 0.3) is 0 Å². The van der Waals surface area contributed by atoms with Gasteiger partial charge in [-0.3, -0.25) is 9.59 Å². The molecular formula is C11H16O8. The summed E-state index contributed by atoms with van der Waals surface area (Å²) in [5, 5.41) is 9.72. The molecule has 8 nitrogen and oxygen atoms in total. The van der Waals surface area contributed by atoms with Gasteiger partial charge in [0.15, 0.2) is 18.5 Å². The number of hydrogen-bond acceptors (Lipinski definition) is 8. The number of hydrogen-bond donors (Lipinski definition) is 1. The van der Waals surface area contributed by atoms with Gasteiger partial charge in [-0.05, 0) is 0 Å². The molecule has 0 amide bonds. The van der Waals surface area contributed by atoms with Crippen LogP contribution in [0.4, 0.5) is 0 Å². The highest BCUT2D eigenvalue weighted by atomic mass is 16.7. The molecule has 1 aliphatic heterocycles. The van der Waals surface area contributed by atoms with E-state index in [0.717, 1.165) is 14.0 Å². The molecule has 108 valence electrons. The average Bonchev–Trinajstić information content (AvgIpc) is 2.31. The molecule has 4 atom stereocenters. The molecule has 0 aromatic rings. The molecule has 1 fully saturated rings. The fourth-order valence-corrected chi connectivity index (χ4v) is 1.77. The Morgan fingerprint density at radius 2 is 1.74 bits per heavy atom. The average molecular weight is 276 g/mol. The molecule has 0 saturated carbocycles. The van der Waals surface area contributed by atoms with Crippen molar-refractivity contribution >= 4 is 17.9 Å². The highest BCUT2D eigenvalue weighted by molar-refractivity contribution is 5.75. The number of aliphatic hydroxyl groups excluding tert-OH is 1. The Morgan fingerprint density at radius 1 is 1.16 bits per heavy atom. The van der Waals surface area contributed by atoms with Gasteiger partial charge < -0.3 is 24.1 Å². The Kier molecular flexibility index (Phi) is 5.25.